The van der Waals surface area contributed by atoms with E-state index in [1.54, 1.807) is 0 Å². The highest BCUT2D eigenvalue weighted by molar-refractivity contribution is 6.31. The van der Waals surface area contributed by atoms with Crippen LogP contribution in [0.15, 0.2) is 67.4 Å². The molecule has 0 radical (unpaired) electrons. The Kier molecular flexibility index (Phi) is 7.88. The normalized spacial score (nSPS) is 15.1. The summed E-state index contributed by atoms with van der Waals surface area (Å²) >= 11 is 6.11. The van der Waals surface area contributed by atoms with Gasteiger partial charge in [-0.25, -0.2) is 4.98 Å². The second-order valence-electron chi connectivity index (χ2n) is 9.17. The number of nitrogens with one attached hydrogen (secondary N) is 2. The van der Waals surface area contributed by atoms with Gasteiger partial charge in [-0.3, -0.25) is 14.9 Å². The van der Waals surface area contributed by atoms with Crippen molar-refractivity contribution in [3.63, 3.8) is 0 Å². The molecule has 35 heavy (non-hydrogen) atoms. The third-order valence-corrected chi connectivity index (χ3v) is 7.02. The minimum absolute atomic E-state index is 0.553. The molecule has 4 heterocycles. The fourth-order valence-corrected chi connectivity index (χ4v) is 5.09. The maximum absolute atomic E-state index is 6.11. The molecule has 1 aliphatic rings. The van der Waals surface area contributed by atoms with E-state index in [0.717, 1.165) is 68.1 Å². The molecule has 7 nitrogen and oxygen atoms in total. The van der Waals surface area contributed by atoms with E-state index < -0.39 is 0 Å². The number of piperidine rings is 1. The van der Waals surface area contributed by atoms with Crippen molar-refractivity contribution < 1.29 is 0 Å². The number of aromatic nitrogens is 4. The summed E-state index contributed by atoms with van der Waals surface area (Å²) < 4.78 is 0. The van der Waals surface area contributed by atoms with Crippen molar-refractivity contribution in [3.8, 4) is 0 Å². The molecule has 1 saturated heterocycles. The van der Waals surface area contributed by atoms with Crippen molar-refractivity contribution in [3.05, 3.63) is 83.8 Å². The summed E-state index contributed by atoms with van der Waals surface area (Å²) in [5.41, 5.74) is 3.34. The first-order valence-electron chi connectivity index (χ1n) is 12.4. The van der Waals surface area contributed by atoms with Crippen LogP contribution in [-0.2, 0) is 13.1 Å². The lowest BCUT2D eigenvalue weighted by molar-refractivity contribution is 0.0945. The van der Waals surface area contributed by atoms with Crippen molar-refractivity contribution in [2.24, 2.45) is 0 Å². The first-order chi connectivity index (χ1) is 17.2. The number of aromatic amines is 1. The minimum atomic E-state index is 0.553. The number of nitrogens with zero attached hydrogens (tertiary/aromatic N) is 5. The van der Waals surface area contributed by atoms with Gasteiger partial charge in [0.05, 0.1) is 12.1 Å². The van der Waals surface area contributed by atoms with Crippen LogP contribution in [0.2, 0.25) is 5.02 Å². The highest BCUT2D eigenvalue weighted by Gasteiger charge is 2.25. The van der Waals surface area contributed by atoms with E-state index in [2.05, 4.69) is 47.2 Å². The van der Waals surface area contributed by atoms with E-state index in [1.165, 1.54) is 18.4 Å². The Hall–Kier alpha value is -3.00. The summed E-state index contributed by atoms with van der Waals surface area (Å²) in [6.07, 6.45) is 12.8. The largest absolute Gasteiger partial charge is 0.384 e. The van der Waals surface area contributed by atoms with Gasteiger partial charge in [0.25, 0.3) is 0 Å². The number of pyridine rings is 2. The molecule has 8 heteroatoms. The first kappa shape index (κ1) is 23.7. The van der Waals surface area contributed by atoms with Crippen LogP contribution in [0.1, 0.15) is 30.7 Å². The molecule has 4 aromatic rings. The third-order valence-electron chi connectivity index (χ3n) is 6.79. The maximum Gasteiger partial charge on any atom is 0.120 e. The Morgan fingerprint density at radius 2 is 1.86 bits per heavy atom. The fourth-order valence-electron chi connectivity index (χ4n) is 4.92. The van der Waals surface area contributed by atoms with Gasteiger partial charge >= 0.3 is 0 Å². The molecule has 0 atom stereocenters. The van der Waals surface area contributed by atoms with E-state index in [4.69, 9.17) is 11.6 Å². The van der Waals surface area contributed by atoms with Crippen molar-refractivity contribution in [1.82, 2.24) is 29.7 Å². The van der Waals surface area contributed by atoms with Gasteiger partial charge in [-0.15, -0.1) is 0 Å². The fraction of sp³-hybridized carbons (Fsp3) is 0.370. The number of imidazole rings is 1. The van der Waals surface area contributed by atoms with Crippen LogP contribution in [-0.4, -0.2) is 62.0 Å². The molecule has 1 aromatic carbocycles. The molecule has 1 aliphatic heterocycles. The SMILES string of the molecule is Clc1ccc2c(NCCCN3CCC(N(Cc4ccncc4)Cc4ncc[nH]4)CC3)ccnc2c1. The summed E-state index contributed by atoms with van der Waals surface area (Å²) in [5, 5.41) is 5.42. The monoisotopic (exact) mass is 489 g/mol. The van der Waals surface area contributed by atoms with Crippen molar-refractivity contribution >= 4 is 28.2 Å². The van der Waals surface area contributed by atoms with E-state index in [1.807, 2.05) is 55.2 Å². The van der Waals surface area contributed by atoms with E-state index in [0.29, 0.717) is 11.1 Å². The Morgan fingerprint density at radius 3 is 2.66 bits per heavy atom. The van der Waals surface area contributed by atoms with Gasteiger partial charge < -0.3 is 15.2 Å². The molecular weight excluding hydrogens is 458 g/mol. The average Bonchev–Trinajstić information content (AvgIpc) is 3.40. The molecule has 0 saturated carbocycles. The number of fused-ring (bicyclic) bond motifs is 1. The Morgan fingerprint density at radius 1 is 1.00 bits per heavy atom. The zero-order valence-corrected chi connectivity index (χ0v) is 20.7. The summed E-state index contributed by atoms with van der Waals surface area (Å²) in [6.45, 7) is 6.07. The predicted molar refractivity (Wildman–Crippen MR) is 141 cm³/mol. The zero-order valence-electron chi connectivity index (χ0n) is 19.9. The second-order valence-corrected chi connectivity index (χ2v) is 9.61. The average molecular weight is 490 g/mol. The van der Waals surface area contributed by atoms with Crippen LogP contribution < -0.4 is 5.32 Å². The topological polar surface area (TPSA) is 73.0 Å². The number of anilines is 1. The van der Waals surface area contributed by atoms with Gasteiger partial charge in [-0.2, -0.15) is 0 Å². The maximum atomic E-state index is 6.11. The third kappa shape index (κ3) is 6.36. The number of benzene rings is 1. The second kappa shape index (κ2) is 11.6. The molecule has 0 unspecified atom stereocenters. The van der Waals surface area contributed by atoms with Crippen LogP contribution in [0.4, 0.5) is 5.69 Å². The predicted octanol–water partition coefficient (Wildman–Crippen LogP) is 4.98. The Labute approximate surface area is 211 Å². The quantitative estimate of drug-likeness (QED) is 0.306. The van der Waals surface area contributed by atoms with Gasteiger partial charge in [-0.05, 0) is 80.9 Å². The highest BCUT2D eigenvalue weighted by atomic mass is 35.5. The van der Waals surface area contributed by atoms with Gasteiger partial charge in [0.15, 0.2) is 0 Å². The van der Waals surface area contributed by atoms with Gasteiger partial charge in [-0.1, -0.05) is 11.6 Å². The van der Waals surface area contributed by atoms with Crippen LogP contribution in [0.25, 0.3) is 10.9 Å². The molecule has 0 amide bonds. The van der Waals surface area contributed by atoms with Crippen molar-refractivity contribution in [2.75, 3.05) is 31.5 Å². The van der Waals surface area contributed by atoms with Crippen molar-refractivity contribution in [2.45, 2.75) is 38.4 Å². The van der Waals surface area contributed by atoms with E-state index >= 15 is 0 Å². The lowest BCUT2D eigenvalue weighted by Crippen LogP contribution is -2.44. The molecule has 0 spiro atoms. The Bertz CT molecular complexity index is 1190. The van der Waals surface area contributed by atoms with Crippen LogP contribution in [0, 0.1) is 0 Å². The molecule has 182 valence electrons. The van der Waals surface area contributed by atoms with Gasteiger partial charge in [0.1, 0.15) is 5.82 Å². The summed E-state index contributed by atoms with van der Waals surface area (Å²) in [7, 11) is 0. The smallest absolute Gasteiger partial charge is 0.120 e. The molecule has 0 bridgehead atoms. The number of rotatable bonds is 10. The molecule has 1 fully saturated rings. The lowest BCUT2D eigenvalue weighted by Gasteiger charge is -2.38. The Balaban J connectivity index is 1.10. The molecule has 0 aliphatic carbocycles. The van der Waals surface area contributed by atoms with Gasteiger partial charge in [0.2, 0.25) is 0 Å². The van der Waals surface area contributed by atoms with Crippen LogP contribution in [0.3, 0.4) is 0 Å². The van der Waals surface area contributed by atoms with Crippen molar-refractivity contribution in [1.29, 1.82) is 0 Å². The number of hydrogen-bond acceptors (Lipinski definition) is 6. The van der Waals surface area contributed by atoms with Gasteiger partial charge in [0, 0.05) is 66.2 Å². The number of halogens is 1. The number of likely N-dealkylation sites (tertiary alicyclic amines) is 1. The van der Waals surface area contributed by atoms with Crippen LogP contribution in [0.5, 0.6) is 0 Å². The molecule has 5 rings (SSSR count). The molecule has 3 aromatic heterocycles. The van der Waals surface area contributed by atoms with E-state index in [9.17, 15) is 0 Å². The summed E-state index contributed by atoms with van der Waals surface area (Å²) in [5.74, 6) is 1.03. The number of H-pyrrole nitrogens is 1. The summed E-state index contributed by atoms with van der Waals surface area (Å²) in [6, 6.07) is 12.7. The number of hydrogen-bond donors (Lipinski definition) is 2. The lowest BCUT2D eigenvalue weighted by atomic mass is 10.0. The molecular formula is C27H32ClN7. The molecule has 2 N–H and O–H groups in total. The van der Waals surface area contributed by atoms with E-state index in [-0.39, 0.29) is 0 Å². The first-order valence-corrected chi connectivity index (χ1v) is 12.7. The standard InChI is InChI=1S/C27H32ClN7/c28-22-2-3-24-25(6-12-31-26(24)18-22)30-9-1-15-34-16-7-23(8-17-34)35(20-27-32-13-14-33-27)19-21-4-10-29-11-5-21/h2-6,10-14,18,23H,1,7-9,15-17,19-20H2,(H,30,31)(H,32,33). The summed E-state index contributed by atoms with van der Waals surface area (Å²) in [4.78, 5) is 21.5. The van der Waals surface area contributed by atoms with Crippen LogP contribution >= 0.6 is 11.6 Å². The highest BCUT2D eigenvalue weighted by Crippen LogP contribution is 2.25. The minimum Gasteiger partial charge on any atom is -0.384 e. The zero-order chi connectivity index (χ0) is 23.9.